The van der Waals surface area contributed by atoms with Crippen LogP contribution in [-0.4, -0.2) is 10.9 Å². The maximum absolute atomic E-state index is 13.1. The first-order valence-electron chi connectivity index (χ1n) is 8.25. The first kappa shape index (κ1) is 15.9. The second-order valence-corrected chi connectivity index (χ2v) is 6.00. The number of pyridine rings is 1. The maximum Gasteiger partial charge on any atom is 0.294 e. The number of ether oxygens (including phenoxy) is 1. The Labute approximate surface area is 151 Å². The van der Waals surface area contributed by atoms with Crippen LogP contribution in [0.15, 0.2) is 78.8 Å². The quantitative estimate of drug-likeness (QED) is 0.582. The summed E-state index contributed by atoms with van der Waals surface area (Å²) in [6.07, 6.45) is 5.06. The number of carbonyl (C=O) groups excluding carboxylic acids is 1. The van der Waals surface area contributed by atoms with Gasteiger partial charge < -0.3 is 10.5 Å². The van der Waals surface area contributed by atoms with Gasteiger partial charge in [-0.05, 0) is 41.5 Å². The Kier molecular flexibility index (Phi) is 4.11. The van der Waals surface area contributed by atoms with Crippen LogP contribution in [0.25, 0.3) is 6.08 Å². The van der Waals surface area contributed by atoms with Gasteiger partial charge in [-0.25, -0.2) is 0 Å². The van der Waals surface area contributed by atoms with Crippen molar-refractivity contribution in [2.75, 3.05) is 10.6 Å². The summed E-state index contributed by atoms with van der Waals surface area (Å²) in [5.74, 6) is 0.633. The number of nitrogens with two attached hydrogens (primary N) is 1. The summed E-state index contributed by atoms with van der Waals surface area (Å²) in [4.78, 5) is 18.8. The molecule has 2 heterocycles. The van der Waals surface area contributed by atoms with Gasteiger partial charge in [0.25, 0.3) is 5.91 Å². The van der Waals surface area contributed by atoms with Gasteiger partial charge in [0.1, 0.15) is 0 Å². The van der Waals surface area contributed by atoms with Crippen molar-refractivity contribution in [1.82, 2.24) is 4.98 Å². The number of fused-ring (bicyclic) bond motifs is 1. The molecule has 2 aromatic carbocycles. The number of anilines is 2. The summed E-state index contributed by atoms with van der Waals surface area (Å²) in [6, 6.07) is 18.8. The molecule has 0 bridgehead atoms. The molecule has 0 spiro atoms. The Morgan fingerprint density at radius 2 is 1.81 bits per heavy atom. The summed E-state index contributed by atoms with van der Waals surface area (Å²) in [6.45, 7) is 0.452. The Morgan fingerprint density at radius 3 is 2.58 bits per heavy atom. The van der Waals surface area contributed by atoms with Crippen LogP contribution in [0.5, 0.6) is 5.75 Å². The first-order chi connectivity index (χ1) is 12.7. The van der Waals surface area contributed by atoms with Crippen LogP contribution >= 0.6 is 0 Å². The largest absolute Gasteiger partial charge is 0.449 e. The van der Waals surface area contributed by atoms with Crippen molar-refractivity contribution in [3.05, 3.63) is 89.9 Å². The average molecular weight is 343 g/mol. The third kappa shape index (κ3) is 3.15. The molecule has 2 N–H and O–H groups in total. The molecule has 1 aliphatic rings. The zero-order valence-electron chi connectivity index (χ0n) is 14.0. The molecule has 1 aliphatic heterocycles. The Morgan fingerprint density at radius 1 is 1.04 bits per heavy atom. The molecule has 5 heteroatoms. The fraction of sp³-hybridized carbons (Fsp3) is 0.0476. The monoisotopic (exact) mass is 343 g/mol. The molecule has 0 radical (unpaired) electrons. The highest BCUT2D eigenvalue weighted by Gasteiger charge is 2.30. The summed E-state index contributed by atoms with van der Waals surface area (Å²) in [5, 5.41) is 0. The topological polar surface area (TPSA) is 68.5 Å². The zero-order valence-corrected chi connectivity index (χ0v) is 14.0. The van der Waals surface area contributed by atoms with Crippen LogP contribution in [0.1, 0.15) is 11.1 Å². The second kappa shape index (κ2) is 6.72. The van der Waals surface area contributed by atoms with Crippen LogP contribution < -0.4 is 15.4 Å². The SMILES string of the molecule is Nc1ccc2c(c1)O/C(=C/c1ccncc1)C(=O)N2Cc1ccccc1. The second-order valence-electron chi connectivity index (χ2n) is 6.00. The summed E-state index contributed by atoms with van der Waals surface area (Å²) in [5.41, 5.74) is 9.07. The molecular formula is C21H17N3O2. The fourth-order valence-corrected chi connectivity index (χ4v) is 2.87. The van der Waals surface area contributed by atoms with E-state index in [-0.39, 0.29) is 11.7 Å². The van der Waals surface area contributed by atoms with Crippen LogP contribution in [0.2, 0.25) is 0 Å². The molecule has 5 nitrogen and oxygen atoms in total. The van der Waals surface area contributed by atoms with Gasteiger partial charge in [-0.15, -0.1) is 0 Å². The summed E-state index contributed by atoms with van der Waals surface area (Å²) >= 11 is 0. The number of amides is 1. The highest BCUT2D eigenvalue weighted by molar-refractivity contribution is 6.09. The van der Waals surface area contributed by atoms with Gasteiger partial charge in [0.2, 0.25) is 0 Å². The predicted octanol–water partition coefficient (Wildman–Crippen LogP) is 3.63. The van der Waals surface area contributed by atoms with Crippen molar-refractivity contribution in [3.8, 4) is 5.75 Å². The van der Waals surface area contributed by atoms with E-state index in [1.807, 2.05) is 48.5 Å². The first-order valence-corrected chi connectivity index (χ1v) is 8.25. The lowest BCUT2D eigenvalue weighted by Crippen LogP contribution is -2.36. The molecule has 0 unspecified atom stereocenters. The minimum atomic E-state index is -0.192. The number of hydrogen-bond donors (Lipinski definition) is 1. The number of carbonyl (C=O) groups is 1. The molecule has 128 valence electrons. The minimum Gasteiger partial charge on any atom is -0.449 e. The van der Waals surface area contributed by atoms with Crippen molar-refractivity contribution in [1.29, 1.82) is 0 Å². The molecule has 0 atom stereocenters. The Bertz CT molecular complexity index is 969. The van der Waals surface area contributed by atoms with Gasteiger partial charge in [-0.3, -0.25) is 14.7 Å². The molecule has 0 saturated carbocycles. The number of nitrogen functional groups attached to an aromatic ring is 1. The smallest absolute Gasteiger partial charge is 0.294 e. The van der Waals surface area contributed by atoms with Crippen LogP contribution in [-0.2, 0) is 11.3 Å². The van der Waals surface area contributed by atoms with Gasteiger partial charge in [-0.2, -0.15) is 0 Å². The Balaban J connectivity index is 1.76. The molecule has 4 rings (SSSR count). The summed E-state index contributed by atoms with van der Waals surface area (Å²) < 4.78 is 5.87. The maximum atomic E-state index is 13.1. The number of rotatable bonds is 3. The third-order valence-electron chi connectivity index (χ3n) is 4.14. The van der Waals surface area contributed by atoms with Crippen molar-refractivity contribution in [2.24, 2.45) is 0 Å². The van der Waals surface area contributed by atoms with E-state index in [9.17, 15) is 4.79 Å². The minimum absolute atomic E-state index is 0.192. The van der Waals surface area contributed by atoms with Crippen LogP contribution in [0.4, 0.5) is 11.4 Å². The van der Waals surface area contributed by atoms with E-state index in [1.165, 1.54) is 0 Å². The molecule has 0 fully saturated rings. The molecule has 1 aromatic heterocycles. The van der Waals surface area contributed by atoms with Crippen molar-refractivity contribution in [2.45, 2.75) is 6.54 Å². The Hall–Kier alpha value is -3.60. The van der Waals surface area contributed by atoms with Gasteiger partial charge >= 0.3 is 0 Å². The van der Waals surface area contributed by atoms with E-state index in [1.54, 1.807) is 35.5 Å². The number of aromatic nitrogens is 1. The standard InChI is InChI=1S/C21H17N3O2/c22-17-6-7-18-19(13-17)26-20(12-15-8-10-23-11-9-15)21(25)24(18)14-16-4-2-1-3-5-16/h1-13H,14,22H2/b20-12+. The number of benzene rings is 2. The lowest BCUT2D eigenvalue weighted by atomic mass is 10.1. The molecule has 0 aliphatic carbocycles. The van der Waals surface area contributed by atoms with Gasteiger partial charge in [0, 0.05) is 24.1 Å². The van der Waals surface area contributed by atoms with E-state index in [2.05, 4.69) is 4.98 Å². The highest BCUT2D eigenvalue weighted by atomic mass is 16.5. The highest BCUT2D eigenvalue weighted by Crippen LogP contribution is 2.38. The average Bonchev–Trinajstić information content (AvgIpc) is 2.67. The molecule has 0 saturated heterocycles. The lowest BCUT2D eigenvalue weighted by molar-refractivity contribution is -0.117. The lowest BCUT2D eigenvalue weighted by Gasteiger charge is -2.30. The molecule has 26 heavy (non-hydrogen) atoms. The van der Waals surface area contributed by atoms with Crippen molar-refractivity contribution < 1.29 is 9.53 Å². The van der Waals surface area contributed by atoms with Gasteiger partial charge in [0.15, 0.2) is 11.5 Å². The normalized spacial score (nSPS) is 14.8. The van der Waals surface area contributed by atoms with E-state index < -0.39 is 0 Å². The fourth-order valence-electron chi connectivity index (χ4n) is 2.87. The van der Waals surface area contributed by atoms with E-state index >= 15 is 0 Å². The number of hydrogen-bond acceptors (Lipinski definition) is 4. The molecular weight excluding hydrogens is 326 g/mol. The van der Waals surface area contributed by atoms with Crippen molar-refractivity contribution >= 4 is 23.4 Å². The zero-order chi connectivity index (χ0) is 17.9. The van der Waals surface area contributed by atoms with Gasteiger partial charge in [-0.1, -0.05) is 30.3 Å². The summed E-state index contributed by atoms with van der Waals surface area (Å²) in [7, 11) is 0. The van der Waals surface area contributed by atoms with E-state index in [0.29, 0.717) is 23.7 Å². The molecule has 3 aromatic rings. The number of nitrogens with zero attached hydrogens (tertiary/aromatic N) is 2. The van der Waals surface area contributed by atoms with E-state index in [4.69, 9.17) is 10.5 Å². The van der Waals surface area contributed by atoms with E-state index in [0.717, 1.165) is 11.1 Å². The van der Waals surface area contributed by atoms with Gasteiger partial charge in [0.05, 0.1) is 12.2 Å². The van der Waals surface area contributed by atoms with Crippen LogP contribution in [0.3, 0.4) is 0 Å². The molecule has 1 amide bonds. The van der Waals surface area contributed by atoms with Crippen molar-refractivity contribution in [3.63, 3.8) is 0 Å². The third-order valence-corrected chi connectivity index (χ3v) is 4.14. The van der Waals surface area contributed by atoms with Crippen LogP contribution in [0, 0.1) is 0 Å². The predicted molar refractivity (Wildman–Crippen MR) is 101 cm³/mol.